The van der Waals surface area contributed by atoms with E-state index in [2.05, 4.69) is 27.9 Å². The minimum absolute atomic E-state index is 0.0590. The van der Waals surface area contributed by atoms with E-state index in [4.69, 9.17) is 12.2 Å². The molecule has 0 amide bonds. The van der Waals surface area contributed by atoms with Crippen LogP contribution < -0.4 is 5.73 Å². The number of benzene rings is 1. The van der Waals surface area contributed by atoms with Gasteiger partial charge in [-0.1, -0.05) is 34.1 Å². The van der Waals surface area contributed by atoms with Crippen molar-refractivity contribution in [3.8, 4) is 12.3 Å². The fourth-order valence-electron chi connectivity index (χ4n) is 1.17. The third kappa shape index (κ3) is 3.22. The van der Waals surface area contributed by atoms with Crippen LogP contribution in [0.2, 0.25) is 0 Å². The van der Waals surface area contributed by atoms with E-state index in [1.807, 2.05) is 18.2 Å². The lowest BCUT2D eigenvalue weighted by Crippen LogP contribution is -2.22. The van der Waals surface area contributed by atoms with E-state index < -0.39 is 0 Å². The van der Waals surface area contributed by atoms with Crippen molar-refractivity contribution in [2.75, 3.05) is 0 Å². The van der Waals surface area contributed by atoms with Gasteiger partial charge in [-0.05, 0) is 18.1 Å². The van der Waals surface area contributed by atoms with Gasteiger partial charge in [0.05, 0.1) is 0 Å². The third-order valence-corrected chi connectivity index (χ3v) is 2.59. The zero-order chi connectivity index (χ0) is 9.68. The second-order valence-electron chi connectivity index (χ2n) is 2.96. The second kappa shape index (κ2) is 5.06. The Kier molecular flexibility index (Phi) is 4.01. The first-order chi connectivity index (χ1) is 6.24. The van der Waals surface area contributed by atoms with Crippen LogP contribution in [0.4, 0.5) is 0 Å². The van der Waals surface area contributed by atoms with E-state index in [1.165, 1.54) is 5.56 Å². The molecule has 1 rings (SSSR count). The van der Waals surface area contributed by atoms with Gasteiger partial charge in [-0.3, -0.25) is 0 Å². The summed E-state index contributed by atoms with van der Waals surface area (Å²) in [5, 5.41) is 0. The van der Waals surface area contributed by atoms with Crippen molar-refractivity contribution < 1.29 is 0 Å². The predicted molar refractivity (Wildman–Crippen MR) is 59.3 cm³/mol. The monoisotopic (exact) mass is 237 g/mol. The van der Waals surface area contributed by atoms with E-state index in [0.717, 1.165) is 10.9 Å². The van der Waals surface area contributed by atoms with Gasteiger partial charge in [0.2, 0.25) is 0 Å². The van der Waals surface area contributed by atoms with Gasteiger partial charge < -0.3 is 5.73 Å². The van der Waals surface area contributed by atoms with Crippen LogP contribution in [0.3, 0.4) is 0 Å². The highest BCUT2D eigenvalue weighted by Gasteiger charge is 2.04. The molecule has 0 aliphatic carbocycles. The van der Waals surface area contributed by atoms with Gasteiger partial charge in [-0.15, -0.1) is 12.3 Å². The van der Waals surface area contributed by atoms with Crippen LogP contribution in [0.5, 0.6) is 0 Å². The van der Waals surface area contributed by atoms with Crippen molar-refractivity contribution in [3.05, 3.63) is 34.3 Å². The van der Waals surface area contributed by atoms with E-state index in [1.54, 1.807) is 0 Å². The summed E-state index contributed by atoms with van der Waals surface area (Å²) in [4.78, 5) is 0. The molecule has 68 valence electrons. The first kappa shape index (κ1) is 10.3. The molecule has 0 aliphatic heterocycles. The highest BCUT2D eigenvalue weighted by atomic mass is 79.9. The lowest BCUT2D eigenvalue weighted by molar-refractivity contribution is 0.688. The molecule has 0 spiro atoms. The summed E-state index contributed by atoms with van der Waals surface area (Å²) >= 11 is 3.47. The number of rotatable bonds is 3. The maximum atomic E-state index is 5.82. The average Bonchev–Trinajstić information content (AvgIpc) is 2.09. The molecule has 0 radical (unpaired) electrons. The smallest absolute Gasteiger partial charge is 0.0241 e. The van der Waals surface area contributed by atoms with Gasteiger partial charge in [-0.2, -0.15) is 0 Å². The van der Waals surface area contributed by atoms with Crippen LogP contribution in [-0.2, 0) is 6.42 Å². The largest absolute Gasteiger partial charge is 0.327 e. The number of halogens is 1. The van der Waals surface area contributed by atoms with Crippen LogP contribution in [0.15, 0.2) is 28.7 Å². The standard InChI is InChI=1S/C11H12BrN/c1-2-5-10(13)8-9-6-3-4-7-11(9)12/h1,3-4,6-7,10H,5,8,13H2. The average molecular weight is 238 g/mol. The van der Waals surface area contributed by atoms with Crippen LogP contribution in [-0.4, -0.2) is 6.04 Å². The molecule has 2 N–H and O–H groups in total. The Labute approximate surface area is 87.5 Å². The topological polar surface area (TPSA) is 26.0 Å². The Hall–Kier alpha value is -0.780. The van der Waals surface area contributed by atoms with Crippen LogP contribution >= 0.6 is 15.9 Å². The van der Waals surface area contributed by atoms with Gasteiger partial charge in [0.25, 0.3) is 0 Å². The fraction of sp³-hybridized carbons (Fsp3) is 0.273. The fourth-order valence-corrected chi connectivity index (χ4v) is 1.62. The van der Waals surface area contributed by atoms with E-state index in [9.17, 15) is 0 Å². The summed E-state index contributed by atoms with van der Waals surface area (Å²) < 4.78 is 1.10. The lowest BCUT2D eigenvalue weighted by atomic mass is 10.0. The minimum Gasteiger partial charge on any atom is -0.327 e. The summed E-state index contributed by atoms with van der Waals surface area (Å²) in [6.45, 7) is 0. The summed E-state index contributed by atoms with van der Waals surface area (Å²) in [5.41, 5.74) is 7.03. The van der Waals surface area contributed by atoms with Crippen molar-refractivity contribution in [2.45, 2.75) is 18.9 Å². The van der Waals surface area contributed by atoms with Crippen LogP contribution in [0, 0.1) is 12.3 Å². The Morgan fingerprint density at radius 3 is 2.77 bits per heavy atom. The molecule has 1 unspecified atom stereocenters. The van der Waals surface area contributed by atoms with E-state index in [0.29, 0.717) is 6.42 Å². The third-order valence-electron chi connectivity index (χ3n) is 1.82. The van der Waals surface area contributed by atoms with E-state index >= 15 is 0 Å². The lowest BCUT2D eigenvalue weighted by Gasteiger charge is -2.09. The van der Waals surface area contributed by atoms with Crippen molar-refractivity contribution in [1.82, 2.24) is 0 Å². The van der Waals surface area contributed by atoms with Crippen LogP contribution in [0.1, 0.15) is 12.0 Å². The Morgan fingerprint density at radius 2 is 2.15 bits per heavy atom. The predicted octanol–water partition coefficient (Wildman–Crippen LogP) is 2.34. The molecule has 1 aromatic rings. The summed E-state index contributed by atoms with van der Waals surface area (Å²) in [6, 6.07) is 8.12. The zero-order valence-corrected chi connectivity index (χ0v) is 8.92. The summed E-state index contributed by atoms with van der Waals surface area (Å²) in [6.07, 6.45) is 6.63. The Morgan fingerprint density at radius 1 is 1.46 bits per heavy atom. The number of terminal acetylenes is 1. The van der Waals surface area contributed by atoms with E-state index in [-0.39, 0.29) is 6.04 Å². The summed E-state index contributed by atoms with van der Waals surface area (Å²) in [7, 11) is 0. The minimum atomic E-state index is 0.0590. The highest BCUT2D eigenvalue weighted by molar-refractivity contribution is 9.10. The Bertz CT molecular complexity index is 314. The Balaban J connectivity index is 2.64. The molecule has 2 heteroatoms. The van der Waals surface area contributed by atoms with Crippen LogP contribution in [0.25, 0.3) is 0 Å². The van der Waals surface area contributed by atoms with Gasteiger partial charge in [-0.25, -0.2) is 0 Å². The van der Waals surface area contributed by atoms with Gasteiger partial charge in [0.1, 0.15) is 0 Å². The molecule has 0 heterocycles. The molecule has 0 aromatic heterocycles. The SMILES string of the molecule is C#CCC(N)Cc1ccccc1Br. The zero-order valence-electron chi connectivity index (χ0n) is 7.33. The molecule has 0 saturated carbocycles. The molecule has 0 fully saturated rings. The van der Waals surface area contributed by atoms with Crippen molar-refractivity contribution in [2.24, 2.45) is 5.73 Å². The molecule has 13 heavy (non-hydrogen) atoms. The number of nitrogens with two attached hydrogens (primary N) is 1. The first-order valence-corrected chi connectivity index (χ1v) is 4.95. The molecular formula is C11H12BrN. The maximum Gasteiger partial charge on any atom is 0.0241 e. The van der Waals surface area contributed by atoms with Gasteiger partial charge in [0, 0.05) is 16.9 Å². The maximum absolute atomic E-state index is 5.82. The van der Waals surface area contributed by atoms with Gasteiger partial charge in [0.15, 0.2) is 0 Å². The molecule has 1 nitrogen and oxygen atoms in total. The molecule has 0 aliphatic rings. The van der Waals surface area contributed by atoms with Crippen molar-refractivity contribution >= 4 is 15.9 Å². The molecular weight excluding hydrogens is 226 g/mol. The number of hydrogen-bond acceptors (Lipinski definition) is 1. The first-order valence-electron chi connectivity index (χ1n) is 4.16. The summed E-state index contributed by atoms with van der Waals surface area (Å²) in [5.74, 6) is 2.57. The quantitative estimate of drug-likeness (QED) is 0.803. The van der Waals surface area contributed by atoms with Crippen molar-refractivity contribution in [3.63, 3.8) is 0 Å². The number of hydrogen-bond donors (Lipinski definition) is 1. The highest BCUT2D eigenvalue weighted by Crippen LogP contribution is 2.17. The normalized spacial score (nSPS) is 12.1. The molecule has 1 aromatic carbocycles. The van der Waals surface area contributed by atoms with Gasteiger partial charge >= 0.3 is 0 Å². The van der Waals surface area contributed by atoms with Crippen molar-refractivity contribution in [1.29, 1.82) is 0 Å². The molecule has 1 atom stereocenters. The molecule has 0 bridgehead atoms. The second-order valence-corrected chi connectivity index (χ2v) is 3.82. The molecule has 0 saturated heterocycles.